The van der Waals surface area contributed by atoms with Crippen LogP contribution in [0, 0.1) is 0 Å². The average molecular weight is 310 g/mol. The number of rotatable bonds is 4. The Morgan fingerprint density at radius 3 is 2.65 bits per heavy atom. The molecule has 23 heavy (non-hydrogen) atoms. The molecule has 1 heterocycles. The number of nitrogens with zero attached hydrogens (tertiary/aromatic N) is 1. The summed E-state index contributed by atoms with van der Waals surface area (Å²) in [5.74, 6) is -0.0357. The van der Waals surface area contributed by atoms with Crippen LogP contribution in [0.2, 0.25) is 0 Å². The number of carbonyl (C=O) groups is 2. The van der Waals surface area contributed by atoms with Gasteiger partial charge in [0.05, 0.1) is 12.2 Å². The lowest BCUT2D eigenvalue weighted by atomic mass is 10.1. The van der Waals surface area contributed by atoms with Gasteiger partial charge in [-0.15, -0.1) is 0 Å². The van der Waals surface area contributed by atoms with E-state index in [-0.39, 0.29) is 25.0 Å². The summed E-state index contributed by atoms with van der Waals surface area (Å²) >= 11 is 0. The summed E-state index contributed by atoms with van der Waals surface area (Å²) < 4.78 is 5.18. The summed E-state index contributed by atoms with van der Waals surface area (Å²) in [6.45, 7) is 2.25. The zero-order valence-electron chi connectivity index (χ0n) is 12.9. The van der Waals surface area contributed by atoms with Gasteiger partial charge in [0.25, 0.3) is 0 Å². The van der Waals surface area contributed by atoms with Crippen molar-refractivity contribution in [2.75, 3.05) is 23.3 Å². The van der Waals surface area contributed by atoms with Crippen LogP contribution in [-0.2, 0) is 16.0 Å². The first kappa shape index (κ1) is 15.1. The number of aryl methyl sites for hydroxylation is 1. The second-order valence-corrected chi connectivity index (χ2v) is 5.40. The van der Waals surface area contributed by atoms with Gasteiger partial charge >= 0.3 is 5.97 Å². The quantitative estimate of drug-likeness (QED) is 0.696. The van der Waals surface area contributed by atoms with Crippen LogP contribution >= 0.6 is 0 Å². The van der Waals surface area contributed by atoms with Crippen LogP contribution in [0.3, 0.4) is 0 Å². The van der Waals surface area contributed by atoms with Crippen LogP contribution in [0.25, 0.3) is 0 Å². The molecule has 2 aromatic carbocycles. The molecule has 0 saturated heterocycles. The number of fused-ring (bicyclic) bond motifs is 1. The molecule has 1 N–H and O–H groups in total. The molecule has 118 valence electrons. The van der Waals surface area contributed by atoms with Crippen molar-refractivity contribution in [3.8, 4) is 5.75 Å². The number of hydrogen-bond donors (Lipinski definition) is 1. The maximum atomic E-state index is 12.2. The maximum Gasteiger partial charge on any atom is 0.331 e. The lowest BCUT2D eigenvalue weighted by Crippen LogP contribution is -2.41. The smallest absolute Gasteiger partial charge is 0.331 e. The molecule has 0 saturated carbocycles. The Morgan fingerprint density at radius 2 is 1.91 bits per heavy atom. The van der Waals surface area contributed by atoms with Gasteiger partial charge in [0, 0.05) is 5.69 Å². The fourth-order valence-corrected chi connectivity index (χ4v) is 2.54. The highest BCUT2D eigenvalue weighted by Gasteiger charge is 2.25. The molecular formula is C18H18N2O3. The van der Waals surface area contributed by atoms with Crippen LogP contribution in [0.5, 0.6) is 5.75 Å². The third-order valence-corrected chi connectivity index (χ3v) is 3.73. The number of anilines is 2. The number of benzene rings is 2. The highest BCUT2D eigenvalue weighted by atomic mass is 16.5. The number of para-hydroxylation sites is 2. The number of hydrogen-bond acceptors (Lipinski definition) is 4. The Bertz CT molecular complexity index is 725. The molecule has 0 unspecified atom stereocenters. The molecule has 0 spiro atoms. The number of ether oxygens (including phenoxy) is 1. The lowest BCUT2D eigenvalue weighted by molar-refractivity contribution is -0.133. The summed E-state index contributed by atoms with van der Waals surface area (Å²) in [5, 5.41) is 2.85. The third-order valence-electron chi connectivity index (χ3n) is 3.73. The van der Waals surface area contributed by atoms with Gasteiger partial charge in [-0.05, 0) is 36.2 Å². The van der Waals surface area contributed by atoms with Gasteiger partial charge in [-0.2, -0.15) is 0 Å². The average Bonchev–Trinajstić information content (AvgIpc) is 2.55. The van der Waals surface area contributed by atoms with Crippen LogP contribution in [0.1, 0.15) is 12.5 Å². The van der Waals surface area contributed by atoms with Gasteiger partial charge < -0.3 is 15.0 Å². The number of esters is 1. The Kier molecular flexibility index (Phi) is 4.28. The molecule has 0 bridgehead atoms. The number of amides is 1. The van der Waals surface area contributed by atoms with E-state index in [0.717, 1.165) is 17.8 Å². The molecular weight excluding hydrogens is 292 g/mol. The molecule has 5 heteroatoms. The van der Waals surface area contributed by atoms with E-state index >= 15 is 0 Å². The topological polar surface area (TPSA) is 58.6 Å². The van der Waals surface area contributed by atoms with Crippen molar-refractivity contribution in [3.05, 3.63) is 54.1 Å². The van der Waals surface area contributed by atoms with Gasteiger partial charge in [0.15, 0.2) is 5.75 Å². The summed E-state index contributed by atoms with van der Waals surface area (Å²) in [6, 6.07) is 15.0. The number of nitrogens with one attached hydrogen (secondary N) is 1. The van der Waals surface area contributed by atoms with E-state index in [0.29, 0.717) is 5.75 Å². The zero-order valence-corrected chi connectivity index (χ0v) is 12.9. The second-order valence-electron chi connectivity index (χ2n) is 5.40. The van der Waals surface area contributed by atoms with Crippen molar-refractivity contribution < 1.29 is 14.3 Å². The zero-order chi connectivity index (χ0) is 16.2. The van der Waals surface area contributed by atoms with Crippen molar-refractivity contribution in [3.63, 3.8) is 0 Å². The van der Waals surface area contributed by atoms with Gasteiger partial charge in [-0.25, -0.2) is 4.79 Å². The van der Waals surface area contributed by atoms with Crippen LogP contribution < -0.4 is 15.0 Å². The molecule has 0 fully saturated rings. The standard InChI is InChI=1S/C18H18N2O3/c1-2-13-7-9-14(10-8-13)19-17(21)11-20-12-18(22)23-16-6-4-3-5-15(16)20/h3-10H,2,11-12H2,1H3,(H,19,21). The maximum absolute atomic E-state index is 12.2. The normalized spacial score (nSPS) is 13.3. The predicted octanol–water partition coefficient (Wildman–Crippen LogP) is 2.61. The van der Waals surface area contributed by atoms with E-state index in [1.165, 1.54) is 5.56 Å². The molecule has 1 aliphatic heterocycles. The highest BCUT2D eigenvalue weighted by Crippen LogP contribution is 2.31. The SMILES string of the molecule is CCc1ccc(NC(=O)CN2CC(=O)Oc3ccccc32)cc1. The van der Waals surface area contributed by atoms with E-state index in [2.05, 4.69) is 12.2 Å². The molecule has 0 atom stereocenters. The third kappa shape index (κ3) is 3.51. The van der Waals surface area contributed by atoms with Crippen molar-refractivity contribution in [1.29, 1.82) is 0 Å². The van der Waals surface area contributed by atoms with Gasteiger partial charge in [-0.1, -0.05) is 31.2 Å². The fraction of sp³-hybridized carbons (Fsp3) is 0.222. The molecule has 0 aromatic heterocycles. The van der Waals surface area contributed by atoms with E-state index < -0.39 is 0 Å². The van der Waals surface area contributed by atoms with E-state index in [9.17, 15) is 9.59 Å². The highest BCUT2D eigenvalue weighted by molar-refractivity contribution is 5.96. The minimum atomic E-state index is -0.358. The molecule has 1 aliphatic rings. The molecule has 3 rings (SSSR count). The van der Waals surface area contributed by atoms with E-state index in [1.54, 1.807) is 17.0 Å². The Morgan fingerprint density at radius 1 is 1.17 bits per heavy atom. The van der Waals surface area contributed by atoms with Crippen molar-refractivity contribution in [1.82, 2.24) is 0 Å². The summed E-state index contributed by atoms with van der Waals surface area (Å²) in [5.41, 5.74) is 2.72. The first-order chi connectivity index (χ1) is 11.2. The van der Waals surface area contributed by atoms with Crippen LogP contribution in [0.15, 0.2) is 48.5 Å². The molecule has 2 aromatic rings. The minimum Gasteiger partial charge on any atom is -0.423 e. The predicted molar refractivity (Wildman–Crippen MR) is 88.7 cm³/mol. The van der Waals surface area contributed by atoms with Crippen molar-refractivity contribution >= 4 is 23.3 Å². The molecule has 0 aliphatic carbocycles. The Balaban J connectivity index is 1.69. The number of carbonyl (C=O) groups excluding carboxylic acids is 2. The van der Waals surface area contributed by atoms with Gasteiger partial charge in [0.2, 0.25) is 5.91 Å². The summed E-state index contributed by atoms with van der Waals surface area (Å²) in [7, 11) is 0. The first-order valence-electron chi connectivity index (χ1n) is 7.59. The van der Waals surface area contributed by atoms with Crippen molar-refractivity contribution in [2.45, 2.75) is 13.3 Å². The lowest BCUT2D eigenvalue weighted by Gasteiger charge is -2.29. The van der Waals surface area contributed by atoms with Gasteiger partial charge in [0.1, 0.15) is 6.54 Å². The minimum absolute atomic E-state index is 0.0687. The monoisotopic (exact) mass is 310 g/mol. The molecule has 0 radical (unpaired) electrons. The molecule has 5 nitrogen and oxygen atoms in total. The van der Waals surface area contributed by atoms with E-state index in [1.807, 2.05) is 36.4 Å². The molecule has 1 amide bonds. The Labute approximate surface area is 134 Å². The van der Waals surface area contributed by atoms with Crippen molar-refractivity contribution in [2.24, 2.45) is 0 Å². The largest absolute Gasteiger partial charge is 0.423 e. The second kappa shape index (κ2) is 6.52. The first-order valence-corrected chi connectivity index (χ1v) is 7.59. The summed E-state index contributed by atoms with van der Waals surface area (Å²) in [6.07, 6.45) is 0.959. The van der Waals surface area contributed by atoms with Crippen LogP contribution in [-0.4, -0.2) is 25.0 Å². The van der Waals surface area contributed by atoms with Gasteiger partial charge in [-0.3, -0.25) is 4.79 Å². The summed E-state index contributed by atoms with van der Waals surface area (Å²) in [4.78, 5) is 25.6. The van der Waals surface area contributed by atoms with Crippen LogP contribution in [0.4, 0.5) is 11.4 Å². The van der Waals surface area contributed by atoms with E-state index in [4.69, 9.17) is 4.74 Å². The fourth-order valence-electron chi connectivity index (χ4n) is 2.54. The Hall–Kier alpha value is -2.82.